The molecule has 2 rings (SSSR count). The summed E-state index contributed by atoms with van der Waals surface area (Å²) >= 11 is 1.69. The predicted molar refractivity (Wildman–Crippen MR) is 72.4 cm³/mol. The van der Waals surface area contributed by atoms with Crippen LogP contribution in [0.1, 0.15) is 44.5 Å². The molecule has 1 aliphatic rings. The third kappa shape index (κ3) is 3.92. The molecule has 4 nitrogen and oxygen atoms in total. The highest BCUT2D eigenvalue weighted by Crippen LogP contribution is 2.29. The van der Waals surface area contributed by atoms with Crippen LogP contribution >= 0.6 is 11.3 Å². The summed E-state index contributed by atoms with van der Waals surface area (Å²) in [5.74, 6) is 0. The summed E-state index contributed by atoms with van der Waals surface area (Å²) in [5, 5.41) is 13.7. The Morgan fingerprint density at radius 2 is 2.18 bits per heavy atom. The molecule has 1 aliphatic carbocycles. The smallest absolute Gasteiger partial charge is 0.205 e. The Labute approximate surface area is 107 Å². The summed E-state index contributed by atoms with van der Waals surface area (Å²) in [4.78, 5) is 2.57. The van der Waals surface area contributed by atoms with Gasteiger partial charge in [-0.2, -0.15) is 0 Å². The minimum absolute atomic E-state index is 0.813. The van der Waals surface area contributed by atoms with Gasteiger partial charge in [-0.05, 0) is 32.7 Å². The number of hydrogen-bond donors (Lipinski definition) is 1. The van der Waals surface area contributed by atoms with Crippen LogP contribution < -0.4 is 5.32 Å². The van der Waals surface area contributed by atoms with Crippen molar-refractivity contribution in [3.05, 3.63) is 5.01 Å². The van der Waals surface area contributed by atoms with Crippen molar-refractivity contribution < 1.29 is 0 Å². The van der Waals surface area contributed by atoms with Crippen molar-refractivity contribution >= 4 is 16.5 Å². The molecule has 1 fully saturated rings. The number of anilines is 1. The Morgan fingerprint density at radius 3 is 2.82 bits per heavy atom. The second-order valence-corrected chi connectivity index (χ2v) is 5.65. The topological polar surface area (TPSA) is 41.1 Å². The molecule has 5 heteroatoms. The zero-order valence-electron chi connectivity index (χ0n) is 10.8. The van der Waals surface area contributed by atoms with Gasteiger partial charge in [-0.15, -0.1) is 10.2 Å². The summed E-state index contributed by atoms with van der Waals surface area (Å²) in [7, 11) is 0. The van der Waals surface area contributed by atoms with Crippen molar-refractivity contribution in [2.45, 2.75) is 52.1 Å². The van der Waals surface area contributed by atoms with E-state index in [4.69, 9.17) is 0 Å². The summed E-state index contributed by atoms with van der Waals surface area (Å²) in [6, 6.07) is 0.813. The molecule has 0 unspecified atom stereocenters. The fourth-order valence-corrected chi connectivity index (χ4v) is 2.74. The maximum Gasteiger partial charge on any atom is 0.205 e. The van der Waals surface area contributed by atoms with Gasteiger partial charge < -0.3 is 5.32 Å². The maximum absolute atomic E-state index is 4.26. The molecule has 1 aromatic heterocycles. The number of aromatic nitrogens is 2. The van der Waals surface area contributed by atoms with Crippen LogP contribution in [0.3, 0.4) is 0 Å². The van der Waals surface area contributed by atoms with Crippen molar-refractivity contribution in [3.8, 4) is 0 Å². The average molecular weight is 254 g/mol. The molecular formula is C12H22N4S. The van der Waals surface area contributed by atoms with Crippen molar-refractivity contribution in [2.24, 2.45) is 0 Å². The van der Waals surface area contributed by atoms with Gasteiger partial charge in [0.25, 0.3) is 0 Å². The summed E-state index contributed by atoms with van der Waals surface area (Å²) in [6.07, 6.45) is 5.28. The Kier molecular flexibility index (Phi) is 4.74. The van der Waals surface area contributed by atoms with Gasteiger partial charge >= 0.3 is 0 Å². The molecular weight excluding hydrogens is 232 g/mol. The molecule has 1 aromatic rings. The molecule has 17 heavy (non-hydrogen) atoms. The van der Waals surface area contributed by atoms with Crippen molar-refractivity contribution in [2.75, 3.05) is 18.4 Å². The molecule has 0 atom stereocenters. The first kappa shape index (κ1) is 12.8. The van der Waals surface area contributed by atoms with Gasteiger partial charge in [0, 0.05) is 12.6 Å². The molecule has 0 spiro atoms. The van der Waals surface area contributed by atoms with E-state index in [1.165, 1.54) is 32.2 Å². The van der Waals surface area contributed by atoms with Crippen molar-refractivity contribution in [1.82, 2.24) is 15.1 Å². The van der Waals surface area contributed by atoms with Crippen LogP contribution in [0.5, 0.6) is 0 Å². The molecule has 1 saturated carbocycles. The predicted octanol–water partition coefficient (Wildman–Crippen LogP) is 2.73. The molecule has 0 saturated heterocycles. The van der Waals surface area contributed by atoms with Gasteiger partial charge in [-0.1, -0.05) is 24.7 Å². The molecule has 1 N–H and O–H groups in total. The molecule has 0 amide bonds. The highest BCUT2D eigenvalue weighted by Gasteiger charge is 2.29. The monoisotopic (exact) mass is 254 g/mol. The number of nitrogens with one attached hydrogen (secondary N) is 1. The van der Waals surface area contributed by atoms with Gasteiger partial charge in [-0.25, -0.2) is 0 Å². The average Bonchev–Trinajstić information content (AvgIpc) is 3.08. The second kappa shape index (κ2) is 6.31. The van der Waals surface area contributed by atoms with Crippen LogP contribution in [0.2, 0.25) is 0 Å². The van der Waals surface area contributed by atoms with Gasteiger partial charge in [0.1, 0.15) is 5.01 Å². The molecule has 1 heterocycles. The lowest BCUT2D eigenvalue weighted by Crippen LogP contribution is -2.26. The van der Waals surface area contributed by atoms with E-state index in [1.54, 1.807) is 11.3 Å². The minimum atomic E-state index is 0.813. The van der Waals surface area contributed by atoms with Crippen molar-refractivity contribution in [3.63, 3.8) is 0 Å². The van der Waals surface area contributed by atoms with E-state index >= 15 is 0 Å². The van der Waals surface area contributed by atoms with E-state index < -0.39 is 0 Å². The first-order chi connectivity index (χ1) is 8.33. The minimum Gasteiger partial charge on any atom is -0.360 e. The summed E-state index contributed by atoms with van der Waals surface area (Å²) in [6.45, 7) is 7.43. The van der Waals surface area contributed by atoms with E-state index in [9.17, 15) is 0 Å². The zero-order chi connectivity index (χ0) is 12.1. The van der Waals surface area contributed by atoms with Crippen LogP contribution in [-0.4, -0.2) is 34.2 Å². The van der Waals surface area contributed by atoms with Gasteiger partial charge in [0.05, 0.1) is 6.54 Å². The lowest BCUT2D eigenvalue weighted by atomic mass is 10.3. The Bertz CT molecular complexity index is 335. The largest absolute Gasteiger partial charge is 0.360 e. The fourth-order valence-electron chi connectivity index (χ4n) is 1.91. The Hall–Kier alpha value is -0.680. The highest BCUT2D eigenvalue weighted by atomic mass is 32.1. The number of rotatable bonds is 8. The first-order valence-corrected chi connectivity index (χ1v) is 7.45. The summed E-state index contributed by atoms with van der Waals surface area (Å²) in [5.41, 5.74) is 0. The number of unbranched alkanes of at least 4 members (excludes halogenated alkanes) is 1. The molecule has 0 radical (unpaired) electrons. The first-order valence-electron chi connectivity index (χ1n) is 6.63. The van der Waals surface area contributed by atoms with Crippen LogP contribution in [0.15, 0.2) is 0 Å². The van der Waals surface area contributed by atoms with Crippen LogP contribution in [-0.2, 0) is 6.54 Å². The molecule has 0 aromatic carbocycles. The van der Waals surface area contributed by atoms with E-state index in [0.29, 0.717) is 0 Å². The summed E-state index contributed by atoms with van der Waals surface area (Å²) < 4.78 is 0. The van der Waals surface area contributed by atoms with Crippen molar-refractivity contribution in [1.29, 1.82) is 0 Å². The van der Waals surface area contributed by atoms with Crippen LogP contribution in [0.4, 0.5) is 5.13 Å². The highest BCUT2D eigenvalue weighted by molar-refractivity contribution is 7.15. The maximum atomic E-state index is 4.26. The van der Waals surface area contributed by atoms with Gasteiger partial charge in [0.2, 0.25) is 5.13 Å². The quantitative estimate of drug-likeness (QED) is 0.774. The van der Waals surface area contributed by atoms with Crippen LogP contribution in [0.25, 0.3) is 0 Å². The van der Waals surface area contributed by atoms with E-state index in [-0.39, 0.29) is 0 Å². The third-order valence-corrected chi connectivity index (χ3v) is 3.86. The Morgan fingerprint density at radius 1 is 1.35 bits per heavy atom. The number of hydrogen-bond acceptors (Lipinski definition) is 5. The number of nitrogens with zero attached hydrogens (tertiary/aromatic N) is 3. The van der Waals surface area contributed by atoms with E-state index in [2.05, 4.69) is 34.3 Å². The van der Waals surface area contributed by atoms with E-state index in [0.717, 1.165) is 29.3 Å². The Balaban J connectivity index is 1.87. The standard InChI is InChI=1S/C12H22N4S/c1-3-5-8-16(10-6-7-10)9-11-14-15-12(17-11)13-4-2/h10H,3-9H2,1-2H3,(H,13,15). The molecule has 0 bridgehead atoms. The fraction of sp³-hybridized carbons (Fsp3) is 0.833. The molecule has 0 aliphatic heterocycles. The van der Waals surface area contributed by atoms with E-state index in [1.807, 2.05) is 0 Å². The second-order valence-electron chi connectivity index (χ2n) is 4.59. The zero-order valence-corrected chi connectivity index (χ0v) is 11.6. The molecule has 96 valence electrons. The lowest BCUT2D eigenvalue weighted by molar-refractivity contribution is 0.250. The lowest BCUT2D eigenvalue weighted by Gasteiger charge is -2.19. The third-order valence-electron chi connectivity index (χ3n) is 3.00. The SMILES string of the molecule is CCCCN(Cc1nnc(NCC)s1)C1CC1. The van der Waals surface area contributed by atoms with Gasteiger partial charge in [0.15, 0.2) is 0 Å². The van der Waals surface area contributed by atoms with Crippen LogP contribution in [0, 0.1) is 0 Å². The normalized spacial score (nSPS) is 15.5. The van der Waals surface area contributed by atoms with Gasteiger partial charge in [-0.3, -0.25) is 4.90 Å².